The van der Waals surface area contributed by atoms with Crippen molar-refractivity contribution in [1.82, 2.24) is 0 Å². The number of hydrogen-bond donors (Lipinski definition) is 0. The topological polar surface area (TPSA) is 35.5 Å². The molecular weight excluding hydrogens is 288 g/mol. The van der Waals surface area contributed by atoms with E-state index >= 15 is 0 Å². The smallest absolute Gasteiger partial charge is 0.196 e. The summed E-state index contributed by atoms with van der Waals surface area (Å²) in [7, 11) is 0. The minimum Gasteiger partial charge on any atom is -0.493 e. The van der Waals surface area contributed by atoms with Crippen molar-refractivity contribution < 1.29 is 14.3 Å². The highest BCUT2D eigenvalue weighted by Crippen LogP contribution is 2.35. The lowest BCUT2D eigenvalue weighted by Crippen LogP contribution is -2.04. The zero-order chi connectivity index (χ0) is 14.4. The van der Waals surface area contributed by atoms with Crippen LogP contribution in [-0.2, 0) is 12.8 Å². The number of fused-ring (bicyclic) bond motifs is 2. The summed E-state index contributed by atoms with van der Waals surface area (Å²) in [6.07, 6.45) is 1.65. The fourth-order valence-electron chi connectivity index (χ4n) is 2.92. The Morgan fingerprint density at radius 2 is 1.81 bits per heavy atom. The quantitative estimate of drug-likeness (QED) is 0.797. The Morgan fingerprint density at radius 3 is 2.71 bits per heavy atom. The van der Waals surface area contributed by atoms with E-state index in [0.29, 0.717) is 35.1 Å². The third-order valence-corrected chi connectivity index (χ3v) is 4.16. The minimum absolute atomic E-state index is 0.0506. The molecule has 0 N–H and O–H groups in total. The maximum atomic E-state index is 12.8. The van der Waals surface area contributed by atoms with Gasteiger partial charge in [-0.3, -0.25) is 4.79 Å². The van der Waals surface area contributed by atoms with Crippen LogP contribution in [0.4, 0.5) is 0 Å². The molecule has 0 saturated carbocycles. The molecule has 2 aromatic carbocycles. The average Bonchev–Trinajstić information content (AvgIpc) is 3.12. The van der Waals surface area contributed by atoms with E-state index in [-0.39, 0.29) is 5.78 Å². The molecule has 4 rings (SSSR count). The van der Waals surface area contributed by atoms with Crippen molar-refractivity contribution >= 4 is 17.4 Å². The zero-order valence-electron chi connectivity index (χ0n) is 11.3. The predicted octanol–water partition coefficient (Wildman–Crippen LogP) is 3.44. The van der Waals surface area contributed by atoms with Gasteiger partial charge in [0.2, 0.25) is 0 Å². The van der Waals surface area contributed by atoms with Crippen LogP contribution >= 0.6 is 11.6 Å². The van der Waals surface area contributed by atoms with Gasteiger partial charge in [-0.25, -0.2) is 0 Å². The van der Waals surface area contributed by atoms with Gasteiger partial charge in [0.25, 0.3) is 0 Å². The van der Waals surface area contributed by atoms with Gasteiger partial charge >= 0.3 is 0 Å². The Bertz CT molecular complexity index is 752. The molecule has 21 heavy (non-hydrogen) atoms. The first kappa shape index (κ1) is 12.7. The molecule has 0 saturated heterocycles. The van der Waals surface area contributed by atoms with Crippen LogP contribution in [0.1, 0.15) is 27.0 Å². The third-order valence-electron chi connectivity index (χ3n) is 3.94. The molecule has 106 valence electrons. The Hall–Kier alpha value is -2.00. The number of carbonyl (C=O) groups excluding carboxylic acids is 1. The van der Waals surface area contributed by atoms with Crippen molar-refractivity contribution in [1.29, 1.82) is 0 Å². The fraction of sp³-hybridized carbons (Fsp3) is 0.235. The summed E-state index contributed by atoms with van der Waals surface area (Å²) >= 11 is 6.13. The van der Waals surface area contributed by atoms with Crippen molar-refractivity contribution in [2.45, 2.75) is 12.8 Å². The van der Waals surface area contributed by atoms with Crippen LogP contribution in [0, 0.1) is 0 Å². The van der Waals surface area contributed by atoms with E-state index in [0.717, 1.165) is 29.7 Å². The number of ketones is 1. The van der Waals surface area contributed by atoms with Crippen molar-refractivity contribution in [3.8, 4) is 11.5 Å². The van der Waals surface area contributed by atoms with Crippen LogP contribution in [0.5, 0.6) is 11.5 Å². The maximum Gasteiger partial charge on any atom is 0.196 e. The number of rotatable bonds is 2. The normalized spacial score (nSPS) is 15.1. The first-order valence-corrected chi connectivity index (χ1v) is 7.36. The standard InChI is InChI=1S/C17H13ClO3/c18-13-8-12-4-6-21-17(12)14(9-13)16(19)11-1-2-15-10(7-11)3-5-20-15/h1-2,7-9H,3-6H2. The molecule has 0 fully saturated rings. The highest BCUT2D eigenvalue weighted by Gasteiger charge is 2.24. The number of halogens is 1. The first-order valence-electron chi connectivity index (χ1n) is 6.98. The van der Waals surface area contributed by atoms with Gasteiger partial charge in [-0.15, -0.1) is 0 Å². The van der Waals surface area contributed by atoms with Gasteiger partial charge in [-0.2, -0.15) is 0 Å². The molecule has 0 spiro atoms. The van der Waals surface area contributed by atoms with Crippen LogP contribution < -0.4 is 9.47 Å². The van der Waals surface area contributed by atoms with Gasteiger partial charge in [0.05, 0.1) is 18.8 Å². The van der Waals surface area contributed by atoms with Gasteiger partial charge in [0, 0.05) is 23.4 Å². The van der Waals surface area contributed by atoms with E-state index in [1.165, 1.54) is 0 Å². The molecule has 0 atom stereocenters. The van der Waals surface area contributed by atoms with E-state index in [2.05, 4.69) is 0 Å². The van der Waals surface area contributed by atoms with E-state index < -0.39 is 0 Å². The molecule has 0 aromatic heterocycles. The molecule has 0 aliphatic carbocycles. The second kappa shape index (κ2) is 4.78. The second-order valence-electron chi connectivity index (χ2n) is 5.29. The van der Waals surface area contributed by atoms with Crippen LogP contribution in [0.15, 0.2) is 30.3 Å². The van der Waals surface area contributed by atoms with Gasteiger partial charge < -0.3 is 9.47 Å². The molecule has 2 aliphatic rings. The van der Waals surface area contributed by atoms with E-state index in [4.69, 9.17) is 21.1 Å². The first-order chi connectivity index (χ1) is 10.2. The summed E-state index contributed by atoms with van der Waals surface area (Å²) in [6, 6.07) is 9.14. The minimum atomic E-state index is -0.0506. The Kier molecular flexibility index (Phi) is 2.89. The van der Waals surface area contributed by atoms with Crippen molar-refractivity contribution in [3.63, 3.8) is 0 Å². The zero-order valence-corrected chi connectivity index (χ0v) is 12.1. The Balaban J connectivity index is 1.79. The molecule has 3 nitrogen and oxygen atoms in total. The molecule has 0 amide bonds. The maximum absolute atomic E-state index is 12.8. The highest BCUT2D eigenvalue weighted by molar-refractivity contribution is 6.31. The van der Waals surface area contributed by atoms with Crippen LogP contribution in [0.25, 0.3) is 0 Å². The van der Waals surface area contributed by atoms with Crippen LogP contribution in [0.2, 0.25) is 5.02 Å². The van der Waals surface area contributed by atoms with Crippen molar-refractivity contribution in [3.05, 3.63) is 57.6 Å². The van der Waals surface area contributed by atoms with Gasteiger partial charge in [0.1, 0.15) is 11.5 Å². The van der Waals surface area contributed by atoms with Gasteiger partial charge in [0.15, 0.2) is 5.78 Å². The van der Waals surface area contributed by atoms with Gasteiger partial charge in [-0.1, -0.05) is 11.6 Å². The molecule has 4 heteroatoms. The van der Waals surface area contributed by atoms with E-state index in [1.807, 2.05) is 18.2 Å². The van der Waals surface area contributed by atoms with Crippen LogP contribution in [0.3, 0.4) is 0 Å². The molecular formula is C17H13ClO3. The Labute approximate surface area is 127 Å². The monoisotopic (exact) mass is 300 g/mol. The number of benzene rings is 2. The third kappa shape index (κ3) is 2.09. The lowest BCUT2D eigenvalue weighted by atomic mass is 9.98. The van der Waals surface area contributed by atoms with Crippen LogP contribution in [-0.4, -0.2) is 19.0 Å². The van der Waals surface area contributed by atoms with Crippen molar-refractivity contribution in [2.75, 3.05) is 13.2 Å². The molecule has 0 bridgehead atoms. The average molecular weight is 301 g/mol. The van der Waals surface area contributed by atoms with E-state index in [9.17, 15) is 4.79 Å². The summed E-state index contributed by atoms with van der Waals surface area (Å²) in [5.74, 6) is 1.51. The summed E-state index contributed by atoms with van der Waals surface area (Å²) in [6.45, 7) is 1.29. The summed E-state index contributed by atoms with van der Waals surface area (Å²) in [5, 5.41) is 0.576. The summed E-state index contributed by atoms with van der Waals surface area (Å²) in [4.78, 5) is 12.8. The van der Waals surface area contributed by atoms with E-state index in [1.54, 1.807) is 12.1 Å². The lowest BCUT2D eigenvalue weighted by molar-refractivity contribution is 0.103. The molecule has 2 heterocycles. The summed E-state index contributed by atoms with van der Waals surface area (Å²) < 4.78 is 11.1. The molecule has 0 radical (unpaired) electrons. The summed E-state index contributed by atoms with van der Waals surface area (Å²) in [5.41, 5.74) is 3.30. The highest BCUT2D eigenvalue weighted by atomic mass is 35.5. The Morgan fingerprint density at radius 1 is 1.00 bits per heavy atom. The number of ether oxygens (including phenoxy) is 2. The predicted molar refractivity (Wildman–Crippen MR) is 79.7 cm³/mol. The SMILES string of the molecule is O=C(c1ccc2c(c1)CCO2)c1cc(Cl)cc2c1OCC2. The lowest BCUT2D eigenvalue weighted by Gasteiger charge is -2.09. The fourth-order valence-corrected chi connectivity index (χ4v) is 3.16. The van der Waals surface area contributed by atoms with Crippen molar-refractivity contribution in [2.24, 2.45) is 0 Å². The molecule has 0 unspecified atom stereocenters. The molecule has 2 aliphatic heterocycles. The van der Waals surface area contributed by atoms with Gasteiger partial charge in [-0.05, 0) is 41.5 Å². The largest absolute Gasteiger partial charge is 0.493 e. The second-order valence-corrected chi connectivity index (χ2v) is 5.73. The molecule has 2 aromatic rings. The number of hydrogen-bond acceptors (Lipinski definition) is 3. The number of carbonyl (C=O) groups is 1.